The number of benzene rings is 1. The predicted octanol–water partition coefficient (Wildman–Crippen LogP) is 4.30. The Hall–Kier alpha value is -2.41. The molecule has 10 nitrogen and oxygen atoms in total. The summed E-state index contributed by atoms with van der Waals surface area (Å²) in [6, 6.07) is 11.0. The van der Waals surface area contributed by atoms with Crippen LogP contribution in [0.5, 0.6) is 0 Å². The molecule has 1 aromatic carbocycles. The summed E-state index contributed by atoms with van der Waals surface area (Å²) in [5.74, 6) is -4.84. The van der Waals surface area contributed by atoms with Gasteiger partial charge in [-0.1, -0.05) is 58.4 Å². The maximum absolute atomic E-state index is 15.3. The third-order valence-corrected chi connectivity index (χ3v) is 16.2. The van der Waals surface area contributed by atoms with Gasteiger partial charge in [0.1, 0.15) is 12.2 Å². The zero-order valence-corrected chi connectivity index (χ0v) is 28.8. The molecule has 1 saturated carbocycles. The van der Waals surface area contributed by atoms with Crippen molar-refractivity contribution in [1.29, 1.82) is 0 Å². The van der Waals surface area contributed by atoms with Gasteiger partial charge in [0.25, 0.3) is 0 Å². The lowest BCUT2D eigenvalue weighted by atomic mass is 9.49. The van der Waals surface area contributed by atoms with Crippen LogP contribution in [0.2, 0.25) is 18.1 Å². The molecule has 3 heterocycles. The molecule has 11 heteroatoms. The molecule has 1 unspecified atom stereocenters. The fraction of sp³-hybridized carbons (Fsp3) is 0.676. The summed E-state index contributed by atoms with van der Waals surface area (Å²) in [6.45, 7) is 15.0. The Morgan fingerprint density at radius 1 is 1.07 bits per heavy atom. The third-order valence-electron chi connectivity index (χ3n) is 11.6. The number of hydrogen-bond acceptors (Lipinski definition) is 10. The number of ether oxygens (including phenoxy) is 4. The molecule has 3 N–H and O–H groups in total. The molecule has 3 saturated heterocycles. The second kappa shape index (κ2) is 11.7. The van der Waals surface area contributed by atoms with E-state index in [1.165, 1.54) is 6.92 Å². The number of fused-ring (bicyclic) bond motifs is 5. The maximum atomic E-state index is 15.3. The summed E-state index contributed by atoms with van der Waals surface area (Å²) >= 11 is 0. The molecule has 1 aromatic rings. The molecule has 0 aromatic heterocycles. The molecule has 3 aliphatic heterocycles. The van der Waals surface area contributed by atoms with Crippen LogP contribution >= 0.6 is 0 Å². The second-order valence-corrected chi connectivity index (χ2v) is 18.7. The van der Waals surface area contributed by atoms with E-state index in [1.54, 1.807) is 44.2 Å². The van der Waals surface area contributed by atoms with Gasteiger partial charge in [0.2, 0.25) is 5.79 Å². The molecule has 2 bridgehead atoms. The van der Waals surface area contributed by atoms with Crippen LogP contribution in [0.1, 0.15) is 72.2 Å². The quantitative estimate of drug-likeness (QED) is 0.227. The highest BCUT2D eigenvalue weighted by atomic mass is 28.4. The van der Waals surface area contributed by atoms with Crippen LogP contribution in [0.25, 0.3) is 0 Å². The highest BCUT2D eigenvalue weighted by Gasteiger charge is 2.81. The van der Waals surface area contributed by atoms with Crippen molar-refractivity contribution in [1.82, 2.24) is 0 Å². The van der Waals surface area contributed by atoms with Crippen molar-refractivity contribution in [3.8, 4) is 0 Å². The van der Waals surface area contributed by atoms with Crippen molar-refractivity contribution in [2.45, 2.75) is 116 Å². The van der Waals surface area contributed by atoms with Gasteiger partial charge < -0.3 is 34.2 Å². The van der Waals surface area contributed by atoms with E-state index in [4.69, 9.17) is 29.1 Å². The Balaban J connectivity index is 1.80. The smallest absolute Gasteiger partial charge is 0.338 e. The van der Waals surface area contributed by atoms with E-state index in [0.29, 0.717) is 17.6 Å². The van der Waals surface area contributed by atoms with Crippen LogP contribution in [-0.2, 0) is 33.0 Å². The largest absolute Gasteiger partial charge is 0.453 e. The molecule has 248 valence electrons. The fourth-order valence-electron chi connectivity index (χ4n) is 8.65. The summed E-state index contributed by atoms with van der Waals surface area (Å²) in [6.07, 6.45) is -3.66. The minimum absolute atomic E-state index is 0.0273. The van der Waals surface area contributed by atoms with Crippen molar-refractivity contribution in [3.05, 3.63) is 47.0 Å². The van der Waals surface area contributed by atoms with E-state index >= 15 is 4.79 Å². The Morgan fingerprint density at radius 3 is 2.20 bits per heavy atom. The van der Waals surface area contributed by atoms with Gasteiger partial charge in [-0.15, -0.1) is 0 Å². The van der Waals surface area contributed by atoms with Gasteiger partial charge in [-0.25, -0.2) is 4.79 Å². The minimum Gasteiger partial charge on any atom is -0.453 e. The summed E-state index contributed by atoms with van der Waals surface area (Å²) in [5, 5.41) is 12.9. The molecule has 45 heavy (non-hydrogen) atoms. The standard InChI is InChI=1S/C34H49NO9Si/c1-9-45(10-2,11-3)44-23-17-24-33(19-40-24,42-21(5)36)27-29(41-30(38)22-15-13-12-14-16-22)34(39)31(6,7)25(20(4)18-35)26(43-34)28(37)32(23,27)8/h12-16,23-24,26-27,29,39H,9-11,17-19,35H2,1-8H3/b25-20-/t23-,24+,26+,27?,29-,32+,33-,34+/m0/s1. The number of rotatable bonds is 9. The number of ketones is 1. The summed E-state index contributed by atoms with van der Waals surface area (Å²) < 4.78 is 32.3. The van der Waals surface area contributed by atoms with Crippen LogP contribution in [0.4, 0.5) is 0 Å². The molecule has 8 atom stereocenters. The summed E-state index contributed by atoms with van der Waals surface area (Å²) in [5.41, 5.74) is 3.67. The SMILES string of the molecule is CC[Si](CC)(CC)O[C@H]1C[C@H]2OC[C@@]2(OC(C)=O)C2[C@H](OC(=O)c3ccccc3)[C@@]3(O)O[C@@H](C(=O)[C@@]21C)/C(=C(\C)CN)C3(C)C. The molecule has 4 aliphatic rings. The van der Waals surface area contributed by atoms with Crippen molar-refractivity contribution in [2.75, 3.05) is 13.2 Å². The maximum Gasteiger partial charge on any atom is 0.338 e. The molecule has 1 aliphatic carbocycles. The molecule has 4 fully saturated rings. The topological polar surface area (TPSA) is 144 Å². The number of carbonyl (C=O) groups excluding carboxylic acids is 3. The van der Waals surface area contributed by atoms with Crippen LogP contribution in [0.15, 0.2) is 41.5 Å². The number of Topliss-reactive ketones (excluding diaryl/α,β-unsaturated/α-hetero) is 1. The highest BCUT2D eigenvalue weighted by Crippen LogP contribution is 2.66. The third kappa shape index (κ3) is 4.79. The highest BCUT2D eigenvalue weighted by molar-refractivity contribution is 6.73. The Kier molecular flexibility index (Phi) is 8.81. The average molecular weight is 644 g/mol. The first-order valence-electron chi connectivity index (χ1n) is 16.2. The zero-order valence-electron chi connectivity index (χ0n) is 27.8. The number of carbonyl (C=O) groups is 3. The summed E-state index contributed by atoms with van der Waals surface area (Å²) in [7, 11) is -2.34. The van der Waals surface area contributed by atoms with E-state index in [9.17, 15) is 14.7 Å². The first-order chi connectivity index (χ1) is 21.1. The molecule has 0 radical (unpaired) electrons. The molecular weight excluding hydrogens is 594 g/mol. The lowest BCUT2D eigenvalue weighted by Gasteiger charge is -2.65. The molecular formula is C34H49NO9Si. The van der Waals surface area contributed by atoms with Gasteiger partial charge in [0.15, 0.2) is 25.8 Å². The number of aliphatic hydroxyl groups is 1. The van der Waals surface area contributed by atoms with E-state index in [-0.39, 0.29) is 24.5 Å². The van der Waals surface area contributed by atoms with Crippen LogP contribution in [0.3, 0.4) is 0 Å². The van der Waals surface area contributed by atoms with Gasteiger partial charge >= 0.3 is 11.9 Å². The van der Waals surface area contributed by atoms with Gasteiger partial charge in [0, 0.05) is 25.3 Å². The van der Waals surface area contributed by atoms with E-state index < -0.39 is 72.8 Å². The predicted molar refractivity (Wildman–Crippen MR) is 169 cm³/mol. The first-order valence-corrected chi connectivity index (χ1v) is 18.7. The number of nitrogens with two attached hydrogens (primary N) is 1. The lowest BCUT2D eigenvalue weighted by molar-refractivity contribution is -0.355. The Labute approximate surface area is 267 Å². The van der Waals surface area contributed by atoms with Gasteiger partial charge in [-0.2, -0.15) is 0 Å². The first kappa shape index (κ1) is 33.9. The minimum atomic E-state index is -2.34. The van der Waals surface area contributed by atoms with E-state index in [2.05, 4.69) is 20.8 Å². The van der Waals surface area contributed by atoms with Gasteiger partial charge in [-0.05, 0) is 49.7 Å². The van der Waals surface area contributed by atoms with Gasteiger partial charge in [-0.3, -0.25) is 9.59 Å². The van der Waals surface area contributed by atoms with Crippen molar-refractivity contribution in [3.63, 3.8) is 0 Å². The van der Waals surface area contributed by atoms with E-state index in [0.717, 1.165) is 18.1 Å². The lowest BCUT2D eigenvalue weighted by Crippen LogP contribution is -2.80. The second-order valence-electron chi connectivity index (χ2n) is 14.0. The molecule has 5 rings (SSSR count). The molecule has 0 amide bonds. The number of esters is 2. The van der Waals surface area contributed by atoms with Crippen molar-refractivity contribution >= 4 is 26.0 Å². The zero-order chi connectivity index (χ0) is 33.2. The van der Waals surface area contributed by atoms with E-state index in [1.807, 2.05) is 13.8 Å². The van der Waals surface area contributed by atoms with Crippen LogP contribution in [0, 0.1) is 16.7 Å². The van der Waals surface area contributed by atoms with Crippen molar-refractivity contribution < 1.29 is 42.9 Å². The fourth-order valence-corrected chi connectivity index (χ4v) is 11.6. The molecule has 0 spiro atoms. The van der Waals surface area contributed by atoms with Crippen molar-refractivity contribution in [2.24, 2.45) is 22.5 Å². The monoisotopic (exact) mass is 643 g/mol. The van der Waals surface area contributed by atoms with Crippen LogP contribution < -0.4 is 5.73 Å². The van der Waals surface area contributed by atoms with Gasteiger partial charge in [0.05, 0.1) is 29.6 Å². The Morgan fingerprint density at radius 2 is 1.69 bits per heavy atom. The van der Waals surface area contributed by atoms with Crippen LogP contribution in [-0.4, -0.2) is 80.1 Å². The number of hydrogen-bond donors (Lipinski definition) is 2. The average Bonchev–Trinajstić information content (AvgIpc) is 3.19. The Bertz CT molecular complexity index is 1370. The summed E-state index contributed by atoms with van der Waals surface area (Å²) in [4.78, 5) is 42.0. The normalized spacial score (nSPS) is 37.9.